The van der Waals surface area contributed by atoms with Crippen molar-refractivity contribution in [2.24, 2.45) is 0 Å². The Morgan fingerprint density at radius 3 is 3.04 bits per heavy atom. The van der Waals surface area contributed by atoms with Gasteiger partial charge in [-0.2, -0.15) is 5.10 Å². The van der Waals surface area contributed by atoms with Gasteiger partial charge in [0.15, 0.2) is 5.82 Å². The third kappa shape index (κ3) is 4.46. The van der Waals surface area contributed by atoms with Crippen LogP contribution in [0.2, 0.25) is 0 Å². The SMILES string of the molecule is Cc1nc([C@@H]2CN([C@H](C)C(=O)N[C@H](C)Cc3ccco3)CCO2)n[nH]1. The summed E-state index contributed by atoms with van der Waals surface area (Å²) in [6.07, 6.45) is 2.10. The van der Waals surface area contributed by atoms with E-state index in [0.717, 1.165) is 11.6 Å². The van der Waals surface area contributed by atoms with Crippen LogP contribution >= 0.6 is 0 Å². The van der Waals surface area contributed by atoms with Crippen LogP contribution in [-0.2, 0) is 16.0 Å². The summed E-state index contributed by atoms with van der Waals surface area (Å²) < 4.78 is 11.1. The molecule has 2 N–H and O–H groups in total. The fraction of sp³-hybridized carbons (Fsp3) is 0.588. The van der Waals surface area contributed by atoms with Crippen LogP contribution < -0.4 is 5.32 Å². The summed E-state index contributed by atoms with van der Waals surface area (Å²) in [5.41, 5.74) is 0. The first-order valence-corrected chi connectivity index (χ1v) is 8.60. The fourth-order valence-corrected chi connectivity index (χ4v) is 2.99. The molecule has 0 radical (unpaired) electrons. The molecule has 0 aromatic carbocycles. The molecule has 3 heterocycles. The third-order valence-corrected chi connectivity index (χ3v) is 4.40. The first-order chi connectivity index (χ1) is 12.0. The van der Waals surface area contributed by atoms with E-state index < -0.39 is 0 Å². The predicted molar refractivity (Wildman–Crippen MR) is 90.9 cm³/mol. The number of hydrogen-bond donors (Lipinski definition) is 2. The maximum Gasteiger partial charge on any atom is 0.237 e. The molecule has 3 atom stereocenters. The largest absolute Gasteiger partial charge is 0.469 e. The highest BCUT2D eigenvalue weighted by Crippen LogP contribution is 2.20. The van der Waals surface area contributed by atoms with Crippen molar-refractivity contribution < 1.29 is 13.9 Å². The van der Waals surface area contributed by atoms with Crippen molar-refractivity contribution in [3.63, 3.8) is 0 Å². The van der Waals surface area contributed by atoms with Gasteiger partial charge in [0.2, 0.25) is 5.91 Å². The number of amides is 1. The van der Waals surface area contributed by atoms with Gasteiger partial charge in [0.25, 0.3) is 0 Å². The summed E-state index contributed by atoms with van der Waals surface area (Å²) in [6.45, 7) is 7.61. The third-order valence-electron chi connectivity index (χ3n) is 4.40. The number of rotatable bonds is 6. The van der Waals surface area contributed by atoms with E-state index in [4.69, 9.17) is 9.15 Å². The summed E-state index contributed by atoms with van der Waals surface area (Å²) >= 11 is 0. The minimum absolute atomic E-state index is 0.00544. The molecule has 1 aliphatic rings. The molecule has 0 spiro atoms. The molecule has 0 saturated carbocycles. The minimum atomic E-state index is -0.245. The van der Waals surface area contributed by atoms with Crippen molar-refractivity contribution in [3.8, 4) is 0 Å². The van der Waals surface area contributed by atoms with Gasteiger partial charge in [0.1, 0.15) is 17.7 Å². The highest BCUT2D eigenvalue weighted by Gasteiger charge is 2.31. The molecule has 3 rings (SSSR count). The zero-order valence-electron chi connectivity index (χ0n) is 14.9. The van der Waals surface area contributed by atoms with E-state index in [1.807, 2.05) is 32.9 Å². The second-order valence-electron chi connectivity index (χ2n) is 6.50. The quantitative estimate of drug-likeness (QED) is 0.815. The maximum atomic E-state index is 12.6. The molecule has 2 aromatic rings. The molecule has 1 aliphatic heterocycles. The van der Waals surface area contributed by atoms with E-state index in [2.05, 4.69) is 25.4 Å². The second kappa shape index (κ2) is 7.79. The van der Waals surface area contributed by atoms with Crippen LogP contribution in [0.4, 0.5) is 0 Å². The lowest BCUT2D eigenvalue weighted by atomic mass is 10.1. The molecule has 1 amide bonds. The van der Waals surface area contributed by atoms with E-state index in [1.54, 1.807) is 6.26 Å². The number of H-pyrrole nitrogens is 1. The fourth-order valence-electron chi connectivity index (χ4n) is 2.99. The Hall–Kier alpha value is -2.19. The number of aryl methyl sites for hydroxylation is 1. The molecular formula is C17H25N5O3. The molecule has 8 heteroatoms. The number of hydrogen-bond acceptors (Lipinski definition) is 6. The lowest BCUT2D eigenvalue weighted by Crippen LogP contribution is -2.52. The van der Waals surface area contributed by atoms with Crippen molar-refractivity contribution in [1.82, 2.24) is 25.4 Å². The van der Waals surface area contributed by atoms with Gasteiger partial charge in [-0.25, -0.2) is 4.98 Å². The monoisotopic (exact) mass is 347 g/mol. The Bertz CT molecular complexity index is 684. The molecule has 8 nitrogen and oxygen atoms in total. The van der Waals surface area contributed by atoms with Gasteiger partial charge in [0, 0.05) is 25.6 Å². The molecule has 0 aliphatic carbocycles. The molecule has 2 aromatic heterocycles. The van der Waals surface area contributed by atoms with Gasteiger partial charge in [-0.1, -0.05) is 0 Å². The summed E-state index contributed by atoms with van der Waals surface area (Å²) in [5, 5.41) is 10.1. The van der Waals surface area contributed by atoms with Crippen molar-refractivity contribution in [2.45, 2.75) is 45.4 Å². The number of nitrogens with zero attached hydrogens (tertiary/aromatic N) is 3. The lowest BCUT2D eigenvalue weighted by molar-refractivity contribution is -0.130. The van der Waals surface area contributed by atoms with Crippen LogP contribution in [0.3, 0.4) is 0 Å². The van der Waals surface area contributed by atoms with Gasteiger partial charge < -0.3 is 14.5 Å². The molecule has 1 saturated heterocycles. The predicted octanol–water partition coefficient (Wildman–Crippen LogP) is 1.22. The Kier molecular flexibility index (Phi) is 5.50. The zero-order valence-corrected chi connectivity index (χ0v) is 14.9. The number of nitrogens with one attached hydrogen (secondary N) is 2. The standard InChI is InChI=1S/C17H25N5O3/c1-11(9-14-5-4-7-24-14)18-17(23)12(2)22-6-8-25-15(10-22)16-19-13(3)20-21-16/h4-5,7,11-12,15H,6,8-10H2,1-3H3,(H,18,23)(H,19,20,21)/t11-,12-,15+/m1/s1. The first kappa shape index (κ1) is 17.6. The Morgan fingerprint density at radius 1 is 1.52 bits per heavy atom. The number of morpholine rings is 1. The molecular weight excluding hydrogens is 322 g/mol. The topological polar surface area (TPSA) is 96.3 Å². The van der Waals surface area contributed by atoms with Gasteiger partial charge >= 0.3 is 0 Å². The Labute approximate surface area is 146 Å². The van der Waals surface area contributed by atoms with Crippen LogP contribution in [0.25, 0.3) is 0 Å². The maximum absolute atomic E-state index is 12.6. The number of aromatic amines is 1. The number of carbonyl (C=O) groups excluding carboxylic acids is 1. The summed E-state index contributed by atoms with van der Waals surface area (Å²) in [6, 6.07) is 3.53. The number of carbonyl (C=O) groups is 1. The molecule has 1 fully saturated rings. The smallest absolute Gasteiger partial charge is 0.237 e. The summed E-state index contributed by atoms with van der Waals surface area (Å²) in [7, 11) is 0. The molecule has 25 heavy (non-hydrogen) atoms. The molecule has 0 unspecified atom stereocenters. The average molecular weight is 347 g/mol. The van der Waals surface area contributed by atoms with Crippen LogP contribution in [0.1, 0.15) is 37.4 Å². The highest BCUT2D eigenvalue weighted by atomic mass is 16.5. The number of aromatic nitrogens is 3. The van der Waals surface area contributed by atoms with Crippen LogP contribution in [0.5, 0.6) is 0 Å². The van der Waals surface area contributed by atoms with E-state index >= 15 is 0 Å². The minimum Gasteiger partial charge on any atom is -0.469 e. The van der Waals surface area contributed by atoms with Crippen molar-refractivity contribution in [3.05, 3.63) is 35.8 Å². The van der Waals surface area contributed by atoms with Crippen LogP contribution in [0, 0.1) is 6.92 Å². The van der Waals surface area contributed by atoms with Gasteiger partial charge in [-0.15, -0.1) is 0 Å². The van der Waals surface area contributed by atoms with Crippen LogP contribution in [0.15, 0.2) is 22.8 Å². The molecule has 0 bridgehead atoms. The Balaban J connectivity index is 1.54. The van der Waals surface area contributed by atoms with Crippen molar-refractivity contribution >= 4 is 5.91 Å². The normalized spacial score (nSPS) is 21.0. The van der Waals surface area contributed by atoms with Crippen molar-refractivity contribution in [2.75, 3.05) is 19.7 Å². The average Bonchev–Trinajstić information content (AvgIpc) is 3.25. The van der Waals surface area contributed by atoms with E-state index in [0.29, 0.717) is 31.9 Å². The highest BCUT2D eigenvalue weighted by molar-refractivity contribution is 5.81. The van der Waals surface area contributed by atoms with Crippen LogP contribution in [-0.4, -0.2) is 57.8 Å². The lowest BCUT2D eigenvalue weighted by Gasteiger charge is -2.35. The summed E-state index contributed by atoms with van der Waals surface area (Å²) in [4.78, 5) is 19.0. The first-order valence-electron chi connectivity index (χ1n) is 8.60. The van der Waals surface area contributed by atoms with E-state index in [-0.39, 0.29) is 24.1 Å². The van der Waals surface area contributed by atoms with Crippen molar-refractivity contribution in [1.29, 1.82) is 0 Å². The van der Waals surface area contributed by atoms with Gasteiger partial charge in [-0.3, -0.25) is 14.8 Å². The molecule has 136 valence electrons. The number of furan rings is 1. The zero-order chi connectivity index (χ0) is 17.8. The second-order valence-corrected chi connectivity index (χ2v) is 6.50. The Morgan fingerprint density at radius 2 is 2.36 bits per heavy atom. The van der Waals surface area contributed by atoms with E-state index in [1.165, 1.54) is 0 Å². The van der Waals surface area contributed by atoms with Gasteiger partial charge in [0.05, 0.1) is 18.9 Å². The summed E-state index contributed by atoms with van der Waals surface area (Å²) in [5.74, 6) is 2.27. The van der Waals surface area contributed by atoms with E-state index in [9.17, 15) is 4.79 Å². The number of ether oxygens (including phenoxy) is 1. The van der Waals surface area contributed by atoms with Gasteiger partial charge in [-0.05, 0) is 32.9 Å².